The molecule has 1 atom stereocenters. The number of carbonyl (C=O) groups is 1. The number of fused-ring (bicyclic) bond motifs is 2. The fourth-order valence-corrected chi connectivity index (χ4v) is 8.24. The maximum Gasteiger partial charge on any atom is 0.416 e. The van der Waals surface area contributed by atoms with Gasteiger partial charge in [0.05, 0.1) is 28.7 Å². The predicted molar refractivity (Wildman–Crippen MR) is 164 cm³/mol. The third-order valence-corrected chi connectivity index (χ3v) is 10.3. The summed E-state index contributed by atoms with van der Waals surface area (Å²) in [5.41, 5.74) is 3.28. The van der Waals surface area contributed by atoms with Gasteiger partial charge in [-0.1, -0.05) is 19.8 Å². The van der Waals surface area contributed by atoms with Crippen LogP contribution in [-0.2, 0) is 38.8 Å². The first kappa shape index (κ1) is 29.1. The van der Waals surface area contributed by atoms with Crippen LogP contribution in [0, 0.1) is 12.8 Å². The molecule has 2 aromatic carbocycles. The largest absolute Gasteiger partial charge is 0.416 e. The number of hydrogen-bond donors (Lipinski definition) is 0. The number of aromatic nitrogens is 4. The Morgan fingerprint density at radius 3 is 2.50 bits per heavy atom. The van der Waals surface area contributed by atoms with Crippen LogP contribution in [0.1, 0.15) is 89.4 Å². The fourth-order valence-electron chi connectivity index (χ4n) is 8.24. The average molecular weight is 605 g/mol. The quantitative estimate of drug-likeness (QED) is 0.249. The Morgan fingerprint density at radius 1 is 1.05 bits per heavy atom. The van der Waals surface area contributed by atoms with Gasteiger partial charge in [-0.3, -0.25) is 9.69 Å². The molecule has 1 saturated heterocycles. The molecule has 2 fully saturated rings. The number of likely N-dealkylation sites (tertiary alicyclic amines) is 1. The normalized spacial score (nSPS) is 20.7. The zero-order valence-electron chi connectivity index (χ0n) is 25.8. The third kappa shape index (κ3) is 4.64. The Morgan fingerprint density at radius 2 is 1.82 bits per heavy atom. The molecule has 0 unspecified atom stereocenters. The molecule has 0 radical (unpaired) electrons. The predicted octanol–water partition coefficient (Wildman–Crippen LogP) is 6.89. The molecule has 2 aliphatic heterocycles. The Hall–Kier alpha value is -3.66. The Kier molecular flexibility index (Phi) is 6.91. The van der Waals surface area contributed by atoms with Gasteiger partial charge in [0.2, 0.25) is 0 Å². The van der Waals surface area contributed by atoms with Crippen LogP contribution in [0.25, 0.3) is 10.9 Å². The van der Waals surface area contributed by atoms with Crippen LogP contribution in [0.3, 0.4) is 0 Å². The molecule has 1 saturated carbocycles. The van der Waals surface area contributed by atoms with Crippen LogP contribution < -0.4 is 4.90 Å². The number of halogens is 3. The van der Waals surface area contributed by atoms with Gasteiger partial charge < -0.3 is 14.0 Å². The highest BCUT2D eigenvalue weighted by Crippen LogP contribution is 2.49. The highest BCUT2D eigenvalue weighted by molar-refractivity contribution is 6.14. The molecule has 0 bridgehead atoms. The van der Waals surface area contributed by atoms with Gasteiger partial charge in [-0.05, 0) is 91.6 Å². The zero-order chi connectivity index (χ0) is 31.0. The highest BCUT2D eigenvalue weighted by atomic mass is 19.4. The first-order chi connectivity index (χ1) is 21.0. The summed E-state index contributed by atoms with van der Waals surface area (Å²) in [4.78, 5) is 18.0. The number of anilines is 1. The number of hydrogen-bond acceptors (Lipinski definition) is 4. The van der Waals surface area contributed by atoms with E-state index < -0.39 is 17.2 Å². The highest BCUT2D eigenvalue weighted by Gasteiger charge is 2.44. The third-order valence-electron chi connectivity index (χ3n) is 10.3. The fraction of sp³-hybridized carbons (Fsp3) is 0.500. The lowest BCUT2D eigenvalue weighted by Crippen LogP contribution is -2.33. The van der Waals surface area contributed by atoms with Gasteiger partial charge in [0.15, 0.2) is 0 Å². The number of piperidine rings is 1. The Balaban J connectivity index is 1.36. The van der Waals surface area contributed by atoms with Crippen molar-refractivity contribution >= 4 is 22.5 Å². The molecule has 0 spiro atoms. The van der Waals surface area contributed by atoms with E-state index in [1.165, 1.54) is 6.07 Å². The second-order valence-corrected chi connectivity index (χ2v) is 13.4. The summed E-state index contributed by atoms with van der Waals surface area (Å²) in [6.07, 6.45) is 5.18. The average Bonchev–Trinajstić information content (AvgIpc) is 3.75. The Labute approximate surface area is 255 Å². The van der Waals surface area contributed by atoms with E-state index in [1.54, 1.807) is 17.3 Å². The van der Waals surface area contributed by atoms with Gasteiger partial charge in [-0.15, -0.1) is 10.2 Å². The van der Waals surface area contributed by atoms with E-state index in [-0.39, 0.29) is 23.6 Å². The zero-order valence-corrected chi connectivity index (χ0v) is 25.8. The lowest BCUT2D eigenvalue weighted by molar-refractivity contribution is -0.138. The van der Waals surface area contributed by atoms with Gasteiger partial charge in [-0.25, -0.2) is 0 Å². The molecule has 1 amide bonds. The van der Waals surface area contributed by atoms with Crippen molar-refractivity contribution in [1.82, 2.24) is 24.2 Å². The molecule has 4 heterocycles. The SMILES string of the molecule is Cc1cn(C)c2cc(C3(c4nncn4C)CCCC3)cc(N3Cc4c(cc(CN5CCC[C@H](C)C5)cc4C(F)(F)F)C3=O)c12. The van der Waals surface area contributed by atoms with E-state index in [4.69, 9.17) is 0 Å². The maximum atomic E-state index is 14.6. The van der Waals surface area contributed by atoms with Crippen LogP contribution in [0.2, 0.25) is 0 Å². The molecular weight excluding hydrogens is 565 g/mol. The van der Waals surface area contributed by atoms with Crippen LogP contribution in [0.4, 0.5) is 18.9 Å². The number of aryl methyl sites for hydroxylation is 3. The molecule has 3 aliphatic rings. The molecule has 1 aliphatic carbocycles. The standard InChI is InChI=1S/C34H39F3N6O/c1-21-8-7-11-42(16-21)18-23-12-25-26(27(13-23)34(35,36)37)19-43(31(25)44)29-15-24(14-28-30(29)22(2)17-40(28)3)33(9-5-6-10-33)32-39-38-20-41(32)4/h12-15,17,20-21H,5-11,16,18-19H2,1-4H3/t21-/m0/s1. The second-order valence-electron chi connectivity index (χ2n) is 13.4. The number of carbonyl (C=O) groups excluding carboxylic acids is 1. The maximum absolute atomic E-state index is 14.6. The van der Waals surface area contributed by atoms with Crippen molar-refractivity contribution in [1.29, 1.82) is 0 Å². The topological polar surface area (TPSA) is 59.2 Å². The molecule has 10 heteroatoms. The summed E-state index contributed by atoms with van der Waals surface area (Å²) in [6, 6.07) is 7.21. The van der Waals surface area contributed by atoms with E-state index >= 15 is 0 Å². The second kappa shape index (κ2) is 10.5. The lowest BCUT2D eigenvalue weighted by atomic mass is 9.77. The first-order valence-corrected chi connectivity index (χ1v) is 15.7. The summed E-state index contributed by atoms with van der Waals surface area (Å²) in [5, 5.41) is 9.59. The van der Waals surface area contributed by atoms with Crippen molar-refractivity contribution in [2.45, 2.75) is 77.1 Å². The van der Waals surface area contributed by atoms with Crippen LogP contribution in [0.5, 0.6) is 0 Å². The summed E-state index contributed by atoms with van der Waals surface area (Å²) in [7, 11) is 3.92. The minimum absolute atomic E-state index is 0.0641. The molecule has 232 valence electrons. The van der Waals surface area contributed by atoms with E-state index in [9.17, 15) is 18.0 Å². The van der Waals surface area contributed by atoms with Gasteiger partial charge in [0, 0.05) is 44.3 Å². The number of alkyl halides is 3. The minimum Gasteiger partial charge on any atom is -0.350 e. The van der Waals surface area contributed by atoms with Gasteiger partial charge in [0.25, 0.3) is 5.91 Å². The summed E-state index contributed by atoms with van der Waals surface area (Å²) < 4.78 is 47.8. The first-order valence-electron chi connectivity index (χ1n) is 15.7. The van der Waals surface area contributed by atoms with Crippen LogP contribution >= 0.6 is 0 Å². The van der Waals surface area contributed by atoms with Gasteiger partial charge in [0.1, 0.15) is 12.2 Å². The van der Waals surface area contributed by atoms with E-state index in [0.29, 0.717) is 23.7 Å². The Bertz CT molecular complexity index is 1760. The minimum atomic E-state index is -4.56. The lowest BCUT2D eigenvalue weighted by Gasteiger charge is -2.31. The number of benzene rings is 2. The molecule has 0 N–H and O–H groups in total. The van der Waals surface area contributed by atoms with Crippen LogP contribution in [-0.4, -0.2) is 43.2 Å². The van der Waals surface area contributed by atoms with Crippen LogP contribution in [0.15, 0.2) is 36.8 Å². The number of rotatable bonds is 5. The summed E-state index contributed by atoms with van der Waals surface area (Å²) in [5.74, 6) is 1.00. The van der Waals surface area contributed by atoms with E-state index in [1.807, 2.05) is 42.4 Å². The summed E-state index contributed by atoms with van der Waals surface area (Å²) in [6.45, 7) is 6.17. The molecule has 4 aromatic rings. The molecule has 7 rings (SSSR count). The van der Waals surface area contributed by atoms with E-state index in [0.717, 1.165) is 79.5 Å². The van der Waals surface area contributed by atoms with Crippen molar-refractivity contribution in [2.24, 2.45) is 20.0 Å². The molecular formula is C34H39F3N6O. The van der Waals surface area contributed by atoms with Crippen molar-refractivity contribution < 1.29 is 18.0 Å². The molecule has 7 nitrogen and oxygen atoms in total. The van der Waals surface area contributed by atoms with E-state index in [2.05, 4.69) is 28.1 Å². The van der Waals surface area contributed by atoms with Crippen molar-refractivity contribution in [3.8, 4) is 0 Å². The van der Waals surface area contributed by atoms with Crippen molar-refractivity contribution in [3.05, 3.63) is 76.0 Å². The van der Waals surface area contributed by atoms with Gasteiger partial charge >= 0.3 is 6.18 Å². The van der Waals surface area contributed by atoms with Crippen molar-refractivity contribution in [3.63, 3.8) is 0 Å². The number of nitrogens with zero attached hydrogens (tertiary/aromatic N) is 6. The number of amides is 1. The molecule has 2 aromatic heterocycles. The summed E-state index contributed by atoms with van der Waals surface area (Å²) >= 11 is 0. The molecule has 44 heavy (non-hydrogen) atoms. The monoisotopic (exact) mass is 604 g/mol. The van der Waals surface area contributed by atoms with Crippen molar-refractivity contribution in [2.75, 3.05) is 18.0 Å². The smallest absolute Gasteiger partial charge is 0.350 e. The van der Waals surface area contributed by atoms with Gasteiger partial charge in [-0.2, -0.15) is 13.2 Å².